The predicted octanol–water partition coefficient (Wildman–Crippen LogP) is 2.41. The number of rotatable bonds is 0. The zero-order valence-corrected chi connectivity index (χ0v) is 8.22. The van der Waals surface area contributed by atoms with Gasteiger partial charge >= 0.3 is 0 Å². The molecule has 11 heavy (non-hydrogen) atoms. The second-order valence-corrected chi connectivity index (χ2v) is 5.18. The highest BCUT2D eigenvalue weighted by Gasteiger charge is 2.36. The minimum atomic E-state index is 0.452. The van der Waals surface area contributed by atoms with E-state index in [0.717, 1.165) is 11.8 Å². The van der Waals surface area contributed by atoms with Gasteiger partial charge in [-0.3, -0.25) is 0 Å². The van der Waals surface area contributed by atoms with Crippen molar-refractivity contribution in [1.82, 2.24) is 0 Å². The fraction of sp³-hybridized carbons (Fsp3) is 1.00. The summed E-state index contributed by atoms with van der Waals surface area (Å²) < 4.78 is 0. The van der Waals surface area contributed by atoms with Crippen LogP contribution in [0.4, 0.5) is 0 Å². The molecule has 0 aromatic carbocycles. The van der Waals surface area contributed by atoms with Crippen molar-refractivity contribution in [2.24, 2.45) is 23.0 Å². The monoisotopic (exact) mass is 155 g/mol. The van der Waals surface area contributed by atoms with Crippen LogP contribution in [0, 0.1) is 17.3 Å². The number of nitrogens with two attached hydrogens (primary N) is 1. The van der Waals surface area contributed by atoms with Gasteiger partial charge in [0, 0.05) is 6.04 Å². The standard InChI is InChI=1S/C10H21N/c1-7-5-8(11)6-9(7)10(2,3)4/h7-9H,5-6,11H2,1-4H3/t7-,8-,9?/m1/s1. The number of hydrogen-bond acceptors (Lipinski definition) is 1. The average molecular weight is 155 g/mol. The molecule has 0 radical (unpaired) electrons. The van der Waals surface area contributed by atoms with Gasteiger partial charge in [0.1, 0.15) is 0 Å². The van der Waals surface area contributed by atoms with Crippen LogP contribution in [-0.4, -0.2) is 6.04 Å². The van der Waals surface area contributed by atoms with E-state index in [4.69, 9.17) is 5.73 Å². The van der Waals surface area contributed by atoms with E-state index >= 15 is 0 Å². The van der Waals surface area contributed by atoms with Gasteiger partial charge < -0.3 is 5.73 Å². The Hall–Kier alpha value is -0.0400. The second kappa shape index (κ2) is 2.78. The molecular formula is C10H21N. The molecule has 0 aliphatic heterocycles. The third-order valence-corrected chi connectivity index (χ3v) is 3.03. The Labute approximate surface area is 70.4 Å². The first kappa shape index (κ1) is 9.05. The van der Waals surface area contributed by atoms with Crippen LogP contribution in [0.15, 0.2) is 0 Å². The summed E-state index contributed by atoms with van der Waals surface area (Å²) in [6.45, 7) is 9.31. The Balaban J connectivity index is 2.60. The molecule has 1 saturated carbocycles. The summed E-state index contributed by atoms with van der Waals surface area (Å²) in [4.78, 5) is 0. The van der Waals surface area contributed by atoms with E-state index in [-0.39, 0.29) is 0 Å². The van der Waals surface area contributed by atoms with Crippen molar-refractivity contribution < 1.29 is 0 Å². The smallest absolute Gasteiger partial charge is 0.00444 e. The van der Waals surface area contributed by atoms with E-state index < -0.39 is 0 Å². The molecule has 1 fully saturated rings. The lowest BCUT2D eigenvalue weighted by molar-refractivity contribution is 0.195. The summed E-state index contributed by atoms with van der Waals surface area (Å²) in [5.41, 5.74) is 6.36. The highest BCUT2D eigenvalue weighted by Crippen LogP contribution is 2.42. The molecule has 0 bridgehead atoms. The highest BCUT2D eigenvalue weighted by atomic mass is 14.7. The first-order valence-electron chi connectivity index (χ1n) is 4.67. The summed E-state index contributed by atoms with van der Waals surface area (Å²) >= 11 is 0. The Morgan fingerprint density at radius 1 is 1.18 bits per heavy atom. The molecule has 66 valence electrons. The minimum absolute atomic E-state index is 0.452. The maximum absolute atomic E-state index is 5.91. The fourth-order valence-electron chi connectivity index (χ4n) is 2.50. The van der Waals surface area contributed by atoms with Gasteiger partial charge in [0.2, 0.25) is 0 Å². The predicted molar refractivity (Wildman–Crippen MR) is 49.3 cm³/mol. The Morgan fingerprint density at radius 3 is 1.91 bits per heavy atom. The molecule has 0 aromatic rings. The van der Waals surface area contributed by atoms with E-state index in [9.17, 15) is 0 Å². The van der Waals surface area contributed by atoms with Gasteiger partial charge in [0.15, 0.2) is 0 Å². The summed E-state index contributed by atoms with van der Waals surface area (Å²) in [6, 6.07) is 0.467. The van der Waals surface area contributed by atoms with Crippen LogP contribution in [0.1, 0.15) is 40.5 Å². The minimum Gasteiger partial charge on any atom is -0.328 e. The van der Waals surface area contributed by atoms with Gasteiger partial charge in [-0.15, -0.1) is 0 Å². The third kappa shape index (κ3) is 1.96. The largest absolute Gasteiger partial charge is 0.328 e. The molecule has 1 heteroatoms. The average Bonchev–Trinajstić information content (AvgIpc) is 2.08. The normalized spacial score (nSPS) is 39.5. The van der Waals surface area contributed by atoms with E-state index in [1.807, 2.05) is 0 Å². The highest BCUT2D eigenvalue weighted by molar-refractivity contribution is 4.89. The van der Waals surface area contributed by atoms with Gasteiger partial charge in [-0.2, -0.15) is 0 Å². The summed E-state index contributed by atoms with van der Waals surface area (Å²) in [7, 11) is 0. The zero-order valence-electron chi connectivity index (χ0n) is 8.22. The van der Waals surface area contributed by atoms with Crippen LogP contribution in [0.5, 0.6) is 0 Å². The molecule has 0 heterocycles. The van der Waals surface area contributed by atoms with Crippen LogP contribution in [0.2, 0.25) is 0 Å². The first-order valence-corrected chi connectivity index (χ1v) is 4.67. The van der Waals surface area contributed by atoms with Crippen molar-refractivity contribution in [3.63, 3.8) is 0 Å². The molecule has 1 rings (SSSR count). The lowest BCUT2D eigenvalue weighted by atomic mass is 9.75. The van der Waals surface area contributed by atoms with Crippen molar-refractivity contribution in [2.45, 2.75) is 46.6 Å². The molecular weight excluding hydrogens is 134 g/mol. The van der Waals surface area contributed by atoms with Crippen LogP contribution in [-0.2, 0) is 0 Å². The van der Waals surface area contributed by atoms with Crippen molar-refractivity contribution >= 4 is 0 Å². The second-order valence-electron chi connectivity index (χ2n) is 5.18. The van der Waals surface area contributed by atoms with Crippen molar-refractivity contribution in [2.75, 3.05) is 0 Å². The van der Waals surface area contributed by atoms with E-state index in [0.29, 0.717) is 11.5 Å². The molecule has 2 N–H and O–H groups in total. The summed E-state index contributed by atoms with van der Waals surface area (Å²) in [5, 5.41) is 0. The van der Waals surface area contributed by atoms with Gasteiger partial charge in [-0.05, 0) is 30.1 Å². The molecule has 0 saturated heterocycles. The zero-order chi connectivity index (χ0) is 8.65. The molecule has 0 spiro atoms. The maximum Gasteiger partial charge on any atom is 0.00444 e. The van der Waals surface area contributed by atoms with Gasteiger partial charge in [-0.1, -0.05) is 27.7 Å². The summed E-state index contributed by atoms with van der Waals surface area (Å²) in [5.74, 6) is 1.66. The molecule has 0 amide bonds. The lowest BCUT2D eigenvalue weighted by Crippen LogP contribution is -2.23. The van der Waals surface area contributed by atoms with Gasteiger partial charge in [0.25, 0.3) is 0 Å². The van der Waals surface area contributed by atoms with Crippen molar-refractivity contribution in [1.29, 1.82) is 0 Å². The lowest BCUT2D eigenvalue weighted by Gasteiger charge is -2.30. The fourth-order valence-corrected chi connectivity index (χ4v) is 2.50. The van der Waals surface area contributed by atoms with Gasteiger partial charge in [-0.25, -0.2) is 0 Å². The SMILES string of the molecule is C[C@@H]1C[C@@H](N)CC1C(C)(C)C. The Kier molecular flexibility index (Phi) is 2.29. The maximum atomic E-state index is 5.91. The molecule has 1 aliphatic carbocycles. The summed E-state index contributed by atoms with van der Waals surface area (Å²) in [6.07, 6.45) is 2.45. The first-order chi connectivity index (χ1) is 4.91. The van der Waals surface area contributed by atoms with Crippen molar-refractivity contribution in [3.05, 3.63) is 0 Å². The Morgan fingerprint density at radius 2 is 1.73 bits per heavy atom. The topological polar surface area (TPSA) is 26.0 Å². The van der Waals surface area contributed by atoms with Crippen molar-refractivity contribution in [3.8, 4) is 0 Å². The Bertz CT molecular complexity index is 134. The number of hydrogen-bond donors (Lipinski definition) is 1. The van der Waals surface area contributed by atoms with Crippen LogP contribution in [0.25, 0.3) is 0 Å². The van der Waals surface area contributed by atoms with E-state index in [2.05, 4.69) is 27.7 Å². The van der Waals surface area contributed by atoms with Crippen LogP contribution < -0.4 is 5.73 Å². The molecule has 1 nitrogen and oxygen atoms in total. The molecule has 1 unspecified atom stereocenters. The quantitative estimate of drug-likeness (QED) is 0.571. The molecule has 0 aromatic heterocycles. The van der Waals surface area contributed by atoms with Crippen LogP contribution >= 0.6 is 0 Å². The molecule has 1 aliphatic rings. The van der Waals surface area contributed by atoms with Gasteiger partial charge in [0.05, 0.1) is 0 Å². The molecule has 3 atom stereocenters. The van der Waals surface area contributed by atoms with E-state index in [1.54, 1.807) is 0 Å². The van der Waals surface area contributed by atoms with E-state index in [1.165, 1.54) is 12.8 Å². The van der Waals surface area contributed by atoms with Crippen LogP contribution in [0.3, 0.4) is 0 Å². The third-order valence-electron chi connectivity index (χ3n) is 3.03.